The second-order valence-corrected chi connectivity index (χ2v) is 11.7. The molecule has 0 N–H and O–H groups in total. The predicted molar refractivity (Wildman–Crippen MR) is 118 cm³/mol. The van der Waals surface area contributed by atoms with E-state index in [1.807, 2.05) is 6.08 Å². The molecule has 0 spiro atoms. The van der Waals surface area contributed by atoms with Crippen molar-refractivity contribution in [3.8, 4) is 0 Å². The van der Waals surface area contributed by atoms with E-state index in [0.717, 1.165) is 48.3 Å². The lowest BCUT2D eigenvalue weighted by atomic mass is 9.48. The molecule has 2 saturated carbocycles. The molecule has 1 heteroatoms. The highest BCUT2D eigenvalue weighted by atomic mass is 16.1. The van der Waals surface area contributed by atoms with Crippen LogP contribution in [0.1, 0.15) is 92.4 Å². The van der Waals surface area contributed by atoms with E-state index in [9.17, 15) is 4.79 Å². The molecular weight excluding hydrogens is 340 g/mol. The predicted octanol–water partition coefficient (Wildman–Crippen LogP) is 7.37. The van der Waals surface area contributed by atoms with Gasteiger partial charge in [0, 0.05) is 6.42 Å². The second-order valence-electron chi connectivity index (χ2n) is 11.7. The number of rotatable bonds is 5. The Balaban J connectivity index is 1.53. The SMILES string of the molecule is CC(C)CCCC(C)[C@H]1CCC2C3C=CC4=CC(=O)CC[C@]4(C)C3CC[C@@]21C. The lowest BCUT2D eigenvalue weighted by molar-refractivity contribution is -0.116. The van der Waals surface area contributed by atoms with Gasteiger partial charge in [0.2, 0.25) is 0 Å². The summed E-state index contributed by atoms with van der Waals surface area (Å²) < 4.78 is 0. The molecule has 0 aromatic carbocycles. The molecule has 4 unspecified atom stereocenters. The maximum absolute atomic E-state index is 12.0. The molecule has 7 atom stereocenters. The lowest BCUT2D eigenvalue weighted by Gasteiger charge is -2.56. The number of fused-ring (bicyclic) bond motifs is 5. The zero-order valence-corrected chi connectivity index (χ0v) is 19.0. The first kappa shape index (κ1) is 20.4. The molecule has 156 valence electrons. The van der Waals surface area contributed by atoms with Crippen LogP contribution in [-0.2, 0) is 4.79 Å². The normalized spacial score (nSPS) is 43.4. The van der Waals surface area contributed by atoms with E-state index < -0.39 is 0 Å². The van der Waals surface area contributed by atoms with Crippen molar-refractivity contribution in [2.24, 2.45) is 46.3 Å². The van der Waals surface area contributed by atoms with Gasteiger partial charge in [0.25, 0.3) is 0 Å². The highest BCUT2D eigenvalue weighted by Gasteiger charge is 2.58. The Morgan fingerprint density at radius 3 is 2.57 bits per heavy atom. The van der Waals surface area contributed by atoms with Crippen LogP contribution in [0.5, 0.6) is 0 Å². The van der Waals surface area contributed by atoms with Crippen molar-refractivity contribution in [2.75, 3.05) is 0 Å². The molecule has 4 rings (SSSR count). The van der Waals surface area contributed by atoms with Crippen molar-refractivity contribution in [2.45, 2.75) is 92.4 Å². The third kappa shape index (κ3) is 3.25. The van der Waals surface area contributed by atoms with Gasteiger partial charge in [0.05, 0.1) is 0 Å². The quantitative estimate of drug-likeness (QED) is 0.485. The van der Waals surface area contributed by atoms with Gasteiger partial charge >= 0.3 is 0 Å². The van der Waals surface area contributed by atoms with Crippen LogP contribution < -0.4 is 0 Å². The zero-order valence-electron chi connectivity index (χ0n) is 19.0. The van der Waals surface area contributed by atoms with E-state index in [0.29, 0.717) is 11.2 Å². The van der Waals surface area contributed by atoms with E-state index in [-0.39, 0.29) is 5.41 Å². The molecule has 0 saturated heterocycles. The summed E-state index contributed by atoms with van der Waals surface area (Å²) in [6, 6.07) is 0. The summed E-state index contributed by atoms with van der Waals surface area (Å²) in [6.45, 7) is 12.4. The van der Waals surface area contributed by atoms with E-state index >= 15 is 0 Å². The van der Waals surface area contributed by atoms with Gasteiger partial charge in [-0.15, -0.1) is 0 Å². The van der Waals surface area contributed by atoms with Crippen LogP contribution in [0.3, 0.4) is 0 Å². The van der Waals surface area contributed by atoms with Crippen LogP contribution >= 0.6 is 0 Å². The zero-order chi connectivity index (χ0) is 20.1. The van der Waals surface area contributed by atoms with Crippen LogP contribution in [-0.4, -0.2) is 5.78 Å². The molecule has 0 bridgehead atoms. The van der Waals surface area contributed by atoms with Gasteiger partial charge in [-0.05, 0) is 90.1 Å². The number of allylic oxidation sites excluding steroid dienone is 4. The van der Waals surface area contributed by atoms with Gasteiger partial charge in [0.1, 0.15) is 0 Å². The molecule has 0 aliphatic heterocycles. The number of hydrogen-bond donors (Lipinski definition) is 0. The van der Waals surface area contributed by atoms with Gasteiger partial charge in [0.15, 0.2) is 5.78 Å². The van der Waals surface area contributed by atoms with E-state index in [2.05, 4.69) is 46.8 Å². The molecular formula is C27H42O. The highest BCUT2D eigenvalue weighted by molar-refractivity contribution is 5.92. The first-order valence-electron chi connectivity index (χ1n) is 12.2. The molecule has 28 heavy (non-hydrogen) atoms. The topological polar surface area (TPSA) is 17.1 Å². The average molecular weight is 383 g/mol. The van der Waals surface area contributed by atoms with E-state index in [1.165, 1.54) is 50.5 Å². The van der Waals surface area contributed by atoms with Crippen molar-refractivity contribution in [3.05, 3.63) is 23.8 Å². The maximum Gasteiger partial charge on any atom is 0.156 e. The molecule has 2 fully saturated rings. The first-order valence-corrected chi connectivity index (χ1v) is 12.2. The van der Waals surface area contributed by atoms with Crippen molar-refractivity contribution in [3.63, 3.8) is 0 Å². The molecule has 0 aromatic rings. The summed E-state index contributed by atoms with van der Waals surface area (Å²) in [7, 11) is 0. The Bertz CT molecular complexity index is 670. The number of carbonyl (C=O) groups is 1. The molecule has 0 heterocycles. The number of ketones is 1. The summed E-state index contributed by atoms with van der Waals surface area (Å²) in [5, 5.41) is 0. The smallest absolute Gasteiger partial charge is 0.156 e. The van der Waals surface area contributed by atoms with Gasteiger partial charge in [-0.25, -0.2) is 0 Å². The Kier molecular flexibility index (Phi) is 5.43. The highest BCUT2D eigenvalue weighted by Crippen LogP contribution is 2.66. The largest absolute Gasteiger partial charge is 0.295 e. The van der Waals surface area contributed by atoms with Crippen molar-refractivity contribution < 1.29 is 4.79 Å². The fourth-order valence-corrected chi connectivity index (χ4v) is 8.02. The minimum absolute atomic E-state index is 0.246. The Morgan fingerprint density at radius 1 is 1.04 bits per heavy atom. The van der Waals surface area contributed by atoms with Crippen molar-refractivity contribution in [1.29, 1.82) is 0 Å². The van der Waals surface area contributed by atoms with Crippen LogP contribution in [0.4, 0.5) is 0 Å². The summed E-state index contributed by atoms with van der Waals surface area (Å²) in [5.41, 5.74) is 2.12. The molecule has 4 aliphatic rings. The number of carbonyl (C=O) groups excluding carboxylic acids is 1. The molecule has 4 aliphatic carbocycles. The Hall–Kier alpha value is -0.850. The first-order chi connectivity index (χ1) is 13.3. The van der Waals surface area contributed by atoms with Crippen LogP contribution in [0.25, 0.3) is 0 Å². The fraction of sp³-hybridized carbons (Fsp3) is 0.815. The number of hydrogen-bond acceptors (Lipinski definition) is 1. The summed E-state index contributed by atoms with van der Waals surface area (Å²) in [6.07, 6.45) is 18.5. The minimum atomic E-state index is 0.246. The van der Waals surface area contributed by atoms with Gasteiger partial charge < -0.3 is 0 Å². The summed E-state index contributed by atoms with van der Waals surface area (Å²) in [5.74, 6) is 5.32. The fourth-order valence-electron chi connectivity index (χ4n) is 8.02. The summed E-state index contributed by atoms with van der Waals surface area (Å²) >= 11 is 0. The van der Waals surface area contributed by atoms with Crippen molar-refractivity contribution >= 4 is 5.78 Å². The molecule has 1 nitrogen and oxygen atoms in total. The van der Waals surface area contributed by atoms with Gasteiger partial charge in [-0.2, -0.15) is 0 Å². The maximum atomic E-state index is 12.0. The summed E-state index contributed by atoms with van der Waals surface area (Å²) in [4.78, 5) is 12.0. The third-order valence-corrected chi connectivity index (χ3v) is 9.72. The van der Waals surface area contributed by atoms with Gasteiger partial charge in [-0.3, -0.25) is 4.79 Å². The van der Waals surface area contributed by atoms with Crippen LogP contribution in [0.2, 0.25) is 0 Å². The third-order valence-electron chi connectivity index (χ3n) is 9.72. The monoisotopic (exact) mass is 382 g/mol. The van der Waals surface area contributed by atoms with Crippen LogP contribution in [0, 0.1) is 46.3 Å². The van der Waals surface area contributed by atoms with E-state index in [4.69, 9.17) is 0 Å². The second kappa shape index (κ2) is 7.44. The van der Waals surface area contributed by atoms with Crippen LogP contribution in [0.15, 0.2) is 23.8 Å². The average Bonchev–Trinajstić information content (AvgIpc) is 2.99. The standard InChI is InChI=1S/C27H42O/c1-18(2)7-6-8-19(3)23-11-12-24-22-10-9-20-17-21(28)13-15-26(20,4)25(22)14-16-27(23,24)5/h9-10,17-19,22-25H,6-8,11-16H2,1-5H3/t19?,22?,23-,24?,25?,26+,27-/m1/s1. The van der Waals surface area contributed by atoms with Crippen molar-refractivity contribution in [1.82, 2.24) is 0 Å². The minimum Gasteiger partial charge on any atom is -0.295 e. The Morgan fingerprint density at radius 2 is 1.82 bits per heavy atom. The molecule has 0 aromatic heterocycles. The van der Waals surface area contributed by atoms with Gasteiger partial charge in [-0.1, -0.05) is 66.0 Å². The Labute approximate surface area is 173 Å². The molecule has 0 amide bonds. The molecule has 0 radical (unpaired) electrons. The van der Waals surface area contributed by atoms with E-state index in [1.54, 1.807) is 0 Å². The lowest BCUT2D eigenvalue weighted by Crippen LogP contribution is -2.49.